The molecule has 0 aliphatic heterocycles. The van der Waals surface area contributed by atoms with Crippen LogP contribution < -0.4 is 19.5 Å². The van der Waals surface area contributed by atoms with E-state index in [1.165, 1.54) is 6.20 Å². The summed E-state index contributed by atoms with van der Waals surface area (Å²) in [5, 5.41) is 9.99. The first-order valence-corrected chi connectivity index (χ1v) is 8.65. The molecular weight excluding hydrogens is 374 g/mol. The van der Waals surface area contributed by atoms with Crippen molar-refractivity contribution in [1.29, 1.82) is 0 Å². The van der Waals surface area contributed by atoms with E-state index < -0.39 is 5.97 Å². The van der Waals surface area contributed by atoms with Crippen molar-refractivity contribution in [3.63, 3.8) is 0 Å². The molecule has 146 valence electrons. The topological polar surface area (TPSA) is 111 Å². The molecule has 0 saturated heterocycles. The Hall–Kier alpha value is -4.14. The number of hydrogen-bond donors (Lipinski definition) is 2. The third kappa shape index (κ3) is 3.79. The first-order valence-electron chi connectivity index (χ1n) is 8.65. The number of rotatable bonds is 6. The Morgan fingerprint density at radius 3 is 2.55 bits per heavy atom. The summed E-state index contributed by atoms with van der Waals surface area (Å²) in [6, 6.07) is 13.9. The van der Waals surface area contributed by atoms with E-state index in [9.17, 15) is 4.79 Å². The molecule has 0 atom stereocenters. The largest absolute Gasteiger partial charge is 0.493 e. The zero-order valence-corrected chi connectivity index (χ0v) is 15.7. The average molecular weight is 391 g/mol. The molecule has 0 bridgehead atoms. The summed E-state index contributed by atoms with van der Waals surface area (Å²) in [4.78, 5) is 20.9. The van der Waals surface area contributed by atoms with E-state index in [0.717, 1.165) is 0 Å². The number of nitrogens with zero attached hydrogens (tertiary/aromatic N) is 3. The number of carbonyl (C=O) groups is 1. The summed E-state index contributed by atoms with van der Waals surface area (Å²) in [6.07, 6.45) is 1.52. The molecule has 4 aromatic rings. The SMILES string of the molecule is COc1ccc(Nc2nc(OC(=O)c3ccccc3)nc3cn[nH]c23)cc1OC. The molecule has 0 unspecified atom stereocenters. The average Bonchev–Trinajstić information content (AvgIpc) is 3.23. The highest BCUT2D eigenvalue weighted by atomic mass is 16.5. The fourth-order valence-corrected chi connectivity index (χ4v) is 2.72. The predicted molar refractivity (Wildman–Crippen MR) is 106 cm³/mol. The number of carbonyl (C=O) groups excluding carboxylic acids is 1. The second-order valence-corrected chi connectivity index (χ2v) is 5.94. The van der Waals surface area contributed by atoms with Crippen molar-refractivity contribution < 1.29 is 19.0 Å². The number of H-pyrrole nitrogens is 1. The van der Waals surface area contributed by atoms with Crippen LogP contribution in [0.1, 0.15) is 10.4 Å². The lowest BCUT2D eigenvalue weighted by atomic mass is 10.2. The Labute approximate surface area is 165 Å². The van der Waals surface area contributed by atoms with E-state index in [0.29, 0.717) is 39.6 Å². The number of aromatic amines is 1. The van der Waals surface area contributed by atoms with Gasteiger partial charge in [0.1, 0.15) is 11.0 Å². The molecule has 0 spiro atoms. The van der Waals surface area contributed by atoms with Gasteiger partial charge in [0.15, 0.2) is 17.3 Å². The summed E-state index contributed by atoms with van der Waals surface area (Å²) >= 11 is 0. The lowest BCUT2D eigenvalue weighted by Crippen LogP contribution is -2.11. The normalized spacial score (nSPS) is 10.6. The number of esters is 1. The number of fused-ring (bicyclic) bond motifs is 1. The standard InChI is InChI=1S/C20H17N5O4/c1-27-15-9-8-13(10-16(15)28-2)22-18-17-14(11-21-25-17)23-20(24-18)29-19(26)12-6-4-3-5-7-12/h3-11H,1-2H3,(H,21,25)(H,22,23,24). The number of aromatic nitrogens is 4. The molecule has 0 amide bonds. The van der Waals surface area contributed by atoms with Gasteiger partial charge in [-0.05, 0) is 24.3 Å². The van der Waals surface area contributed by atoms with Crippen molar-refractivity contribution in [3.05, 3.63) is 60.3 Å². The first-order chi connectivity index (χ1) is 14.2. The number of hydrogen-bond acceptors (Lipinski definition) is 8. The first kappa shape index (κ1) is 18.2. The van der Waals surface area contributed by atoms with E-state index in [4.69, 9.17) is 14.2 Å². The second kappa shape index (κ2) is 7.85. The third-order valence-electron chi connectivity index (χ3n) is 4.12. The summed E-state index contributed by atoms with van der Waals surface area (Å²) in [7, 11) is 3.12. The molecule has 29 heavy (non-hydrogen) atoms. The Kier molecular flexibility index (Phi) is 4.93. The Morgan fingerprint density at radius 2 is 1.79 bits per heavy atom. The van der Waals surface area contributed by atoms with Crippen LogP contribution in [0, 0.1) is 0 Å². The van der Waals surface area contributed by atoms with Crippen molar-refractivity contribution in [2.75, 3.05) is 19.5 Å². The molecule has 2 aromatic carbocycles. The van der Waals surface area contributed by atoms with Crippen LogP contribution >= 0.6 is 0 Å². The quantitative estimate of drug-likeness (QED) is 0.482. The van der Waals surface area contributed by atoms with Gasteiger partial charge in [0, 0.05) is 11.8 Å². The van der Waals surface area contributed by atoms with Crippen LogP contribution in [-0.2, 0) is 0 Å². The van der Waals surface area contributed by atoms with Gasteiger partial charge in [0.2, 0.25) is 0 Å². The third-order valence-corrected chi connectivity index (χ3v) is 4.12. The minimum Gasteiger partial charge on any atom is -0.493 e. The van der Waals surface area contributed by atoms with Crippen molar-refractivity contribution >= 4 is 28.5 Å². The molecule has 2 N–H and O–H groups in total. The minimum absolute atomic E-state index is 0.0873. The van der Waals surface area contributed by atoms with E-state index in [1.807, 2.05) is 6.07 Å². The number of nitrogens with one attached hydrogen (secondary N) is 2. The van der Waals surface area contributed by atoms with Gasteiger partial charge >= 0.3 is 12.0 Å². The molecule has 0 aliphatic rings. The van der Waals surface area contributed by atoms with Crippen LogP contribution in [0.25, 0.3) is 11.0 Å². The van der Waals surface area contributed by atoms with Crippen LogP contribution in [0.15, 0.2) is 54.7 Å². The molecule has 0 fully saturated rings. The molecule has 0 aliphatic carbocycles. The smallest absolute Gasteiger partial charge is 0.345 e. The van der Waals surface area contributed by atoms with Crippen LogP contribution in [-0.4, -0.2) is 40.4 Å². The van der Waals surface area contributed by atoms with Crippen molar-refractivity contribution in [1.82, 2.24) is 20.2 Å². The summed E-state index contributed by atoms with van der Waals surface area (Å²) in [5.41, 5.74) is 2.16. The highest BCUT2D eigenvalue weighted by molar-refractivity contribution is 5.91. The molecule has 2 aromatic heterocycles. The predicted octanol–water partition coefficient (Wildman–Crippen LogP) is 3.33. The number of ether oxygens (including phenoxy) is 3. The maximum absolute atomic E-state index is 12.3. The van der Waals surface area contributed by atoms with Crippen LogP contribution in [0.3, 0.4) is 0 Å². The Morgan fingerprint density at radius 1 is 1.00 bits per heavy atom. The van der Waals surface area contributed by atoms with Crippen LogP contribution in [0.5, 0.6) is 17.5 Å². The number of methoxy groups -OCH3 is 2. The molecule has 2 heterocycles. The van der Waals surface area contributed by atoms with Crippen molar-refractivity contribution in [2.45, 2.75) is 0 Å². The van der Waals surface area contributed by atoms with Gasteiger partial charge in [0.25, 0.3) is 0 Å². The summed E-state index contributed by atoms with van der Waals surface area (Å²) in [6.45, 7) is 0. The molecule has 0 saturated carbocycles. The highest BCUT2D eigenvalue weighted by Gasteiger charge is 2.15. The van der Waals surface area contributed by atoms with Gasteiger partial charge in [0.05, 0.1) is 26.0 Å². The van der Waals surface area contributed by atoms with Crippen molar-refractivity contribution in [3.8, 4) is 17.5 Å². The van der Waals surface area contributed by atoms with Gasteiger partial charge in [-0.2, -0.15) is 15.1 Å². The van der Waals surface area contributed by atoms with Crippen LogP contribution in [0.2, 0.25) is 0 Å². The molecule has 0 radical (unpaired) electrons. The maximum Gasteiger partial charge on any atom is 0.345 e. The fourth-order valence-electron chi connectivity index (χ4n) is 2.72. The number of benzene rings is 2. The summed E-state index contributed by atoms with van der Waals surface area (Å²) < 4.78 is 15.9. The van der Waals surface area contributed by atoms with E-state index >= 15 is 0 Å². The molecule has 9 heteroatoms. The molecular formula is C20H17N5O4. The molecule has 9 nitrogen and oxygen atoms in total. The van der Waals surface area contributed by atoms with Gasteiger partial charge in [-0.1, -0.05) is 18.2 Å². The minimum atomic E-state index is -0.550. The zero-order chi connectivity index (χ0) is 20.2. The lowest BCUT2D eigenvalue weighted by Gasteiger charge is -2.12. The second-order valence-electron chi connectivity index (χ2n) is 5.94. The maximum atomic E-state index is 12.3. The lowest BCUT2D eigenvalue weighted by molar-refractivity contribution is 0.0720. The van der Waals surface area contributed by atoms with Gasteiger partial charge in [-0.3, -0.25) is 5.10 Å². The van der Waals surface area contributed by atoms with E-state index in [-0.39, 0.29) is 6.01 Å². The van der Waals surface area contributed by atoms with Gasteiger partial charge in [-0.15, -0.1) is 0 Å². The Balaban J connectivity index is 1.66. The van der Waals surface area contributed by atoms with E-state index in [1.54, 1.807) is 56.7 Å². The zero-order valence-electron chi connectivity index (χ0n) is 15.7. The monoisotopic (exact) mass is 391 g/mol. The Bertz CT molecular complexity index is 1160. The van der Waals surface area contributed by atoms with E-state index in [2.05, 4.69) is 25.5 Å². The fraction of sp³-hybridized carbons (Fsp3) is 0.100. The summed E-state index contributed by atoms with van der Waals surface area (Å²) in [5.74, 6) is 1.01. The van der Waals surface area contributed by atoms with Crippen LogP contribution in [0.4, 0.5) is 11.5 Å². The van der Waals surface area contributed by atoms with Crippen molar-refractivity contribution in [2.24, 2.45) is 0 Å². The molecule has 4 rings (SSSR count). The van der Waals surface area contributed by atoms with Gasteiger partial charge < -0.3 is 19.5 Å². The highest BCUT2D eigenvalue weighted by Crippen LogP contribution is 2.32. The van der Waals surface area contributed by atoms with Gasteiger partial charge in [-0.25, -0.2) is 4.79 Å². The number of anilines is 2.